The molecule has 0 aliphatic carbocycles. The normalized spacial score (nSPS) is 12.8. The lowest BCUT2D eigenvalue weighted by Crippen LogP contribution is -2.25. The molecule has 2 heterocycles. The molecule has 0 spiro atoms. The summed E-state index contributed by atoms with van der Waals surface area (Å²) in [5, 5.41) is 3.92. The summed E-state index contributed by atoms with van der Waals surface area (Å²) in [4.78, 5) is 9.62. The zero-order valence-electron chi connectivity index (χ0n) is 18.2. The smallest absolute Gasteiger partial charge is 0.185 e. The molecule has 0 radical (unpaired) electrons. The van der Waals surface area contributed by atoms with E-state index >= 15 is 0 Å². The summed E-state index contributed by atoms with van der Waals surface area (Å²) in [5.74, 6) is 0. The third kappa shape index (κ3) is 4.38. The second-order valence-electron chi connectivity index (χ2n) is 8.21. The van der Waals surface area contributed by atoms with Crippen LogP contribution in [0.3, 0.4) is 0 Å². The molecule has 0 atom stereocenters. The van der Waals surface area contributed by atoms with Crippen molar-refractivity contribution in [3.05, 3.63) is 94.3 Å². The first-order chi connectivity index (χ1) is 15.7. The zero-order chi connectivity index (χ0) is 21.9. The number of halogens is 1. The minimum absolute atomic E-state index is 0.748. The Kier molecular flexibility index (Phi) is 6.15. The number of aromatic nitrogens is 1. The molecule has 3 aromatic carbocycles. The highest BCUT2D eigenvalue weighted by molar-refractivity contribution is 7.14. The van der Waals surface area contributed by atoms with Gasteiger partial charge in [-0.1, -0.05) is 60.1 Å². The summed E-state index contributed by atoms with van der Waals surface area (Å²) < 4.78 is 0. The molecular weight excluding hydrogens is 434 g/mol. The van der Waals surface area contributed by atoms with Gasteiger partial charge in [-0.2, -0.15) is 0 Å². The lowest BCUT2D eigenvalue weighted by molar-refractivity contribution is 0.776. The molecule has 0 saturated carbocycles. The molecule has 5 heteroatoms. The van der Waals surface area contributed by atoms with Gasteiger partial charge >= 0.3 is 0 Å². The van der Waals surface area contributed by atoms with Gasteiger partial charge in [0.15, 0.2) is 5.13 Å². The highest BCUT2D eigenvalue weighted by Gasteiger charge is 2.20. The molecule has 0 unspecified atom stereocenters. The number of thiazole rings is 1. The van der Waals surface area contributed by atoms with Crippen LogP contribution in [0.15, 0.2) is 78.2 Å². The Morgan fingerprint density at radius 2 is 1.53 bits per heavy atom. The van der Waals surface area contributed by atoms with Crippen LogP contribution in [0.5, 0.6) is 0 Å². The van der Waals surface area contributed by atoms with Crippen molar-refractivity contribution >= 4 is 39.4 Å². The van der Waals surface area contributed by atoms with Gasteiger partial charge in [0.1, 0.15) is 0 Å². The summed E-state index contributed by atoms with van der Waals surface area (Å²) in [6, 6.07) is 25.6. The van der Waals surface area contributed by atoms with E-state index in [1.54, 1.807) is 11.3 Å². The molecule has 3 nitrogen and oxygen atoms in total. The number of aryl methyl sites for hydroxylation is 2. The number of anilines is 3. The lowest BCUT2D eigenvalue weighted by atomic mass is 10.0. The van der Waals surface area contributed by atoms with Crippen LogP contribution in [-0.2, 0) is 12.8 Å². The van der Waals surface area contributed by atoms with E-state index in [1.165, 1.54) is 22.5 Å². The first-order valence-electron chi connectivity index (χ1n) is 11.0. The molecule has 1 aliphatic heterocycles. The number of rotatable bonds is 6. The van der Waals surface area contributed by atoms with E-state index in [9.17, 15) is 0 Å². The van der Waals surface area contributed by atoms with Gasteiger partial charge in [-0.3, -0.25) is 0 Å². The molecule has 0 fully saturated rings. The fourth-order valence-corrected chi connectivity index (χ4v) is 5.32. The Hall–Kier alpha value is -2.82. The van der Waals surface area contributed by atoms with E-state index in [0.717, 1.165) is 53.8 Å². The van der Waals surface area contributed by atoms with Crippen LogP contribution in [-0.4, -0.2) is 25.1 Å². The van der Waals surface area contributed by atoms with Crippen molar-refractivity contribution in [2.24, 2.45) is 0 Å². The molecule has 32 heavy (non-hydrogen) atoms. The van der Waals surface area contributed by atoms with Gasteiger partial charge in [0.25, 0.3) is 0 Å². The highest BCUT2D eigenvalue weighted by atomic mass is 35.5. The maximum Gasteiger partial charge on any atom is 0.185 e. The van der Waals surface area contributed by atoms with Crippen LogP contribution < -0.4 is 9.80 Å². The van der Waals surface area contributed by atoms with Gasteiger partial charge in [-0.05, 0) is 54.7 Å². The van der Waals surface area contributed by atoms with Crippen molar-refractivity contribution in [1.82, 2.24) is 4.98 Å². The van der Waals surface area contributed by atoms with E-state index in [1.807, 2.05) is 24.3 Å². The molecule has 0 N–H and O–H groups in total. The van der Waals surface area contributed by atoms with Crippen LogP contribution in [0.4, 0.5) is 16.5 Å². The Bertz CT molecular complexity index is 1150. The molecule has 5 rings (SSSR count). The molecular formula is C27H26ClN3S. The average molecular weight is 460 g/mol. The van der Waals surface area contributed by atoms with Crippen molar-refractivity contribution in [3.63, 3.8) is 0 Å². The molecule has 162 valence electrons. The van der Waals surface area contributed by atoms with Crippen molar-refractivity contribution in [2.75, 3.05) is 29.9 Å². The molecule has 4 aromatic rings. The van der Waals surface area contributed by atoms with Gasteiger partial charge in [-0.15, -0.1) is 11.3 Å². The molecule has 0 amide bonds. The van der Waals surface area contributed by atoms with Crippen molar-refractivity contribution < 1.29 is 0 Å². The quantitative estimate of drug-likeness (QED) is 0.303. The van der Waals surface area contributed by atoms with Crippen molar-refractivity contribution in [2.45, 2.75) is 19.3 Å². The third-order valence-corrected chi connectivity index (χ3v) is 7.27. The SMILES string of the molecule is CN(CCCN1c2ccccc2CCc2ccccc21)c1nc(-c2ccc(Cl)cc2)cs1. The minimum atomic E-state index is 0.748. The second kappa shape index (κ2) is 9.35. The Morgan fingerprint density at radius 1 is 0.906 bits per heavy atom. The number of para-hydroxylation sites is 2. The maximum atomic E-state index is 6.02. The molecule has 1 aromatic heterocycles. The average Bonchev–Trinajstić information content (AvgIpc) is 3.26. The Labute approximate surface area is 198 Å². The lowest BCUT2D eigenvalue weighted by Gasteiger charge is -2.28. The number of hydrogen-bond donors (Lipinski definition) is 0. The number of nitrogens with zero attached hydrogens (tertiary/aromatic N) is 3. The Morgan fingerprint density at radius 3 is 2.19 bits per heavy atom. The van der Waals surface area contributed by atoms with Crippen LogP contribution in [0.25, 0.3) is 11.3 Å². The molecule has 1 aliphatic rings. The van der Waals surface area contributed by atoms with Crippen LogP contribution in [0.2, 0.25) is 5.02 Å². The summed E-state index contributed by atoms with van der Waals surface area (Å²) in [7, 11) is 2.13. The molecule has 0 saturated heterocycles. The topological polar surface area (TPSA) is 19.4 Å². The summed E-state index contributed by atoms with van der Waals surface area (Å²) in [6.07, 6.45) is 3.24. The van der Waals surface area contributed by atoms with Gasteiger partial charge in [0, 0.05) is 47.5 Å². The van der Waals surface area contributed by atoms with Crippen LogP contribution in [0.1, 0.15) is 17.5 Å². The van der Waals surface area contributed by atoms with Crippen molar-refractivity contribution in [3.8, 4) is 11.3 Å². The van der Waals surface area contributed by atoms with Gasteiger partial charge in [-0.25, -0.2) is 4.98 Å². The Balaban J connectivity index is 1.29. The van der Waals surface area contributed by atoms with E-state index in [-0.39, 0.29) is 0 Å². The predicted molar refractivity (Wildman–Crippen MR) is 138 cm³/mol. The van der Waals surface area contributed by atoms with Crippen molar-refractivity contribution in [1.29, 1.82) is 0 Å². The summed E-state index contributed by atoms with van der Waals surface area (Å²) >= 11 is 7.71. The van der Waals surface area contributed by atoms with E-state index in [4.69, 9.17) is 16.6 Å². The fraction of sp³-hybridized carbons (Fsp3) is 0.222. The second-order valence-corrected chi connectivity index (χ2v) is 9.48. The predicted octanol–water partition coefficient (Wildman–Crippen LogP) is 7.23. The summed E-state index contributed by atoms with van der Waals surface area (Å²) in [5.41, 5.74) is 7.67. The number of benzene rings is 3. The van der Waals surface area contributed by atoms with Gasteiger partial charge < -0.3 is 9.80 Å². The first-order valence-corrected chi connectivity index (χ1v) is 12.3. The standard InChI is InChI=1S/C27H26ClN3S/c1-30(27-29-24(19-32-27)20-13-15-23(28)16-14-20)17-6-18-31-25-9-4-2-7-21(25)11-12-22-8-3-5-10-26(22)31/h2-5,7-10,13-16,19H,6,11-12,17-18H2,1H3. The van der Waals surface area contributed by atoms with Gasteiger partial charge in [0.2, 0.25) is 0 Å². The number of fused-ring (bicyclic) bond motifs is 2. The number of hydrogen-bond acceptors (Lipinski definition) is 4. The summed E-state index contributed by atoms with van der Waals surface area (Å²) in [6.45, 7) is 1.93. The van der Waals surface area contributed by atoms with E-state index in [0.29, 0.717) is 0 Å². The van der Waals surface area contributed by atoms with E-state index in [2.05, 4.69) is 70.8 Å². The highest BCUT2D eigenvalue weighted by Crippen LogP contribution is 2.36. The van der Waals surface area contributed by atoms with E-state index < -0.39 is 0 Å². The largest absolute Gasteiger partial charge is 0.351 e. The van der Waals surface area contributed by atoms with Crippen LogP contribution >= 0.6 is 22.9 Å². The molecule has 0 bridgehead atoms. The minimum Gasteiger partial charge on any atom is -0.351 e. The fourth-order valence-electron chi connectivity index (χ4n) is 4.37. The van der Waals surface area contributed by atoms with Crippen LogP contribution in [0, 0.1) is 0 Å². The zero-order valence-corrected chi connectivity index (χ0v) is 19.7. The maximum absolute atomic E-state index is 6.02. The third-order valence-electron chi connectivity index (χ3n) is 6.06. The first kappa shape index (κ1) is 21.0. The van der Waals surface area contributed by atoms with Gasteiger partial charge in [0.05, 0.1) is 5.69 Å². The monoisotopic (exact) mass is 459 g/mol.